The van der Waals surface area contributed by atoms with E-state index in [1.165, 1.54) is 18.2 Å². The summed E-state index contributed by atoms with van der Waals surface area (Å²) in [6, 6.07) is 12.4. The molecule has 0 radical (unpaired) electrons. The molecule has 0 N–H and O–H groups in total. The minimum Gasteiger partial charge on any atom is -0.497 e. The van der Waals surface area contributed by atoms with Gasteiger partial charge < -0.3 is 4.74 Å². The van der Waals surface area contributed by atoms with Gasteiger partial charge in [-0.15, -0.1) is 0 Å². The third-order valence-electron chi connectivity index (χ3n) is 2.44. The van der Waals surface area contributed by atoms with Crippen LogP contribution in [-0.4, -0.2) is 12.9 Å². The van der Waals surface area contributed by atoms with Gasteiger partial charge in [0, 0.05) is 11.1 Å². The van der Waals surface area contributed by atoms with Crippen molar-refractivity contribution in [3.8, 4) is 5.75 Å². The summed E-state index contributed by atoms with van der Waals surface area (Å²) >= 11 is 0. The smallest absolute Gasteiger partial charge is 0.193 e. The Balaban J connectivity index is 2.30. The monoisotopic (exact) mass is 230 g/mol. The van der Waals surface area contributed by atoms with E-state index in [1.807, 2.05) is 0 Å². The molecule has 0 saturated heterocycles. The number of carbonyl (C=O) groups is 1. The molecule has 0 heterocycles. The topological polar surface area (TPSA) is 26.3 Å². The Morgan fingerprint density at radius 2 is 1.76 bits per heavy atom. The van der Waals surface area contributed by atoms with Gasteiger partial charge in [0.2, 0.25) is 0 Å². The van der Waals surface area contributed by atoms with Crippen LogP contribution in [0.1, 0.15) is 15.9 Å². The standard InChI is InChI=1S/C14H11FO2/c1-17-13-7-5-10(6-8-13)14(16)11-3-2-4-12(15)9-11/h2-9H,1H3. The molecule has 0 aliphatic rings. The highest BCUT2D eigenvalue weighted by molar-refractivity contribution is 6.09. The van der Waals surface area contributed by atoms with Crippen LogP contribution in [0.3, 0.4) is 0 Å². The Hall–Kier alpha value is -2.16. The Bertz CT molecular complexity index is 532. The van der Waals surface area contributed by atoms with Crippen LogP contribution in [0.2, 0.25) is 0 Å². The van der Waals surface area contributed by atoms with Crippen molar-refractivity contribution >= 4 is 5.78 Å². The van der Waals surface area contributed by atoms with E-state index in [-0.39, 0.29) is 5.78 Å². The molecular weight excluding hydrogens is 219 g/mol. The molecule has 17 heavy (non-hydrogen) atoms. The summed E-state index contributed by atoms with van der Waals surface area (Å²) in [6.07, 6.45) is 0. The molecule has 0 aromatic heterocycles. The van der Waals surface area contributed by atoms with Gasteiger partial charge >= 0.3 is 0 Å². The highest BCUT2D eigenvalue weighted by Crippen LogP contribution is 2.15. The van der Waals surface area contributed by atoms with Crippen LogP contribution < -0.4 is 4.74 Å². The number of hydrogen-bond acceptors (Lipinski definition) is 2. The fraction of sp³-hybridized carbons (Fsp3) is 0.0714. The second kappa shape index (κ2) is 4.78. The van der Waals surface area contributed by atoms with Crippen LogP contribution >= 0.6 is 0 Å². The molecule has 2 aromatic rings. The van der Waals surface area contributed by atoms with Crippen molar-refractivity contribution in [3.05, 3.63) is 65.5 Å². The van der Waals surface area contributed by atoms with Crippen LogP contribution in [0, 0.1) is 5.82 Å². The van der Waals surface area contributed by atoms with E-state index in [1.54, 1.807) is 37.4 Å². The summed E-state index contributed by atoms with van der Waals surface area (Å²) in [4.78, 5) is 12.0. The number of hydrogen-bond donors (Lipinski definition) is 0. The maximum absolute atomic E-state index is 13.0. The average Bonchev–Trinajstić information content (AvgIpc) is 2.38. The van der Waals surface area contributed by atoms with Crippen molar-refractivity contribution in [3.63, 3.8) is 0 Å². The molecule has 0 unspecified atom stereocenters. The van der Waals surface area contributed by atoms with Gasteiger partial charge in [-0.1, -0.05) is 12.1 Å². The molecule has 2 nitrogen and oxygen atoms in total. The van der Waals surface area contributed by atoms with Crippen LogP contribution in [-0.2, 0) is 0 Å². The lowest BCUT2D eigenvalue weighted by atomic mass is 10.0. The third-order valence-corrected chi connectivity index (χ3v) is 2.44. The van der Waals surface area contributed by atoms with Gasteiger partial charge in [-0.25, -0.2) is 4.39 Å². The quantitative estimate of drug-likeness (QED) is 0.757. The summed E-state index contributed by atoms with van der Waals surface area (Å²) in [5, 5.41) is 0. The first kappa shape index (κ1) is 11.3. The van der Waals surface area contributed by atoms with Crippen LogP contribution in [0.15, 0.2) is 48.5 Å². The van der Waals surface area contributed by atoms with Gasteiger partial charge in [0.1, 0.15) is 11.6 Å². The second-order valence-corrected chi connectivity index (χ2v) is 3.57. The third kappa shape index (κ3) is 2.50. The molecule has 0 atom stereocenters. The van der Waals surface area contributed by atoms with Gasteiger partial charge in [0.05, 0.1) is 7.11 Å². The number of halogens is 1. The Morgan fingerprint density at radius 1 is 1.06 bits per heavy atom. The van der Waals surface area contributed by atoms with E-state index in [4.69, 9.17) is 4.74 Å². The molecule has 0 amide bonds. The maximum atomic E-state index is 13.0. The Kier molecular flexibility index (Phi) is 3.19. The Labute approximate surface area is 98.7 Å². The van der Waals surface area contributed by atoms with Crippen molar-refractivity contribution in [2.45, 2.75) is 0 Å². The largest absolute Gasteiger partial charge is 0.497 e. The number of ketones is 1. The molecule has 0 aliphatic carbocycles. The van der Waals surface area contributed by atoms with Crippen molar-refractivity contribution in [1.29, 1.82) is 0 Å². The molecule has 2 aromatic carbocycles. The van der Waals surface area contributed by atoms with Gasteiger partial charge in [-0.05, 0) is 36.4 Å². The summed E-state index contributed by atoms with van der Waals surface area (Å²) in [7, 11) is 1.56. The number of carbonyl (C=O) groups excluding carboxylic acids is 1. The summed E-state index contributed by atoms with van der Waals surface area (Å²) in [5.74, 6) is 0.0670. The number of rotatable bonds is 3. The molecule has 0 fully saturated rings. The van der Waals surface area contributed by atoms with Gasteiger partial charge in [-0.2, -0.15) is 0 Å². The lowest BCUT2D eigenvalue weighted by Gasteiger charge is -2.03. The minimum absolute atomic E-state index is 0.202. The first-order valence-corrected chi connectivity index (χ1v) is 5.15. The highest BCUT2D eigenvalue weighted by Gasteiger charge is 2.09. The van der Waals surface area contributed by atoms with E-state index in [9.17, 15) is 9.18 Å². The zero-order valence-corrected chi connectivity index (χ0v) is 9.31. The molecule has 2 rings (SSSR count). The van der Waals surface area contributed by atoms with Gasteiger partial charge in [0.25, 0.3) is 0 Å². The summed E-state index contributed by atoms with van der Waals surface area (Å²) < 4.78 is 18.0. The zero-order chi connectivity index (χ0) is 12.3. The normalized spacial score (nSPS) is 10.0. The number of ether oxygens (including phenoxy) is 1. The van der Waals surface area contributed by atoms with Crippen molar-refractivity contribution in [2.75, 3.05) is 7.11 Å². The van der Waals surface area contributed by atoms with E-state index < -0.39 is 5.82 Å². The summed E-state index contributed by atoms with van der Waals surface area (Å²) in [5.41, 5.74) is 0.853. The summed E-state index contributed by atoms with van der Waals surface area (Å²) in [6.45, 7) is 0. The van der Waals surface area contributed by atoms with Crippen LogP contribution in [0.4, 0.5) is 4.39 Å². The van der Waals surface area contributed by atoms with E-state index >= 15 is 0 Å². The lowest BCUT2D eigenvalue weighted by molar-refractivity contribution is 0.103. The molecule has 0 spiro atoms. The molecule has 0 bridgehead atoms. The van der Waals surface area contributed by atoms with Crippen molar-refractivity contribution in [1.82, 2.24) is 0 Å². The molecule has 86 valence electrons. The lowest BCUT2D eigenvalue weighted by Crippen LogP contribution is -2.01. The maximum Gasteiger partial charge on any atom is 0.193 e. The fourth-order valence-electron chi connectivity index (χ4n) is 1.54. The zero-order valence-electron chi connectivity index (χ0n) is 9.31. The first-order valence-electron chi connectivity index (χ1n) is 5.15. The van der Waals surface area contributed by atoms with E-state index in [0.717, 1.165) is 0 Å². The molecule has 3 heteroatoms. The second-order valence-electron chi connectivity index (χ2n) is 3.57. The molecular formula is C14H11FO2. The SMILES string of the molecule is COc1ccc(C(=O)c2cccc(F)c2)cc1. The van der Waals surface area contributed by atoms with Crippen molar-refractivity contribution < 1.29 is 13.9 Å². The Morgan fingerprint density at radius 3 is 2.35 bits per heavy atom. The van der Waals surface area contributed by atoms with Gasteiger partial charge in [-0.3, -0.25) is 4.79 Å². The van der Waals surface area contributed by atoms with Crippen molar-refractivity contribution in [2.24, 2.45) is 0 Å². The van der Waals surface area contributed by atoms with Crippen LogP contribution in [0.5, 0.6) is 5.75 Å². The first-order chi connectivity index (χ1) is 8.20. The predicted molar refractivity (Wildman–Crippen MR) is 62.8 cm³/mol. The average molecular weight is 230 g/mol. The van der Waals surface area contributed by atoms with Crippen LogP contribution in [0.25, 0.3) is 0 Å². The van der Waals surface area contributed by atoms with Gasteiger partial charge in [0.15, 0.2) is 5.78 Å². The van der Waals surface area contributed by atoms with E-state index in [0.29, 0.717) is 16.9 Å². The number of benzene rings is 2. The number of methoxy groups -OCH3 is 1. The predicted octanol–water partition coefficient (Wildman–Crippen LogP) is 3.07. The molecule has 0 aliphatic heterocycles. The minimum atomic E-state index is -0.413. The fourth-order valence-corrected chi connectivity index (χ4v) is 1.54. The highest BCUT2D eigenvalue weighted by atomic mass is 19.1. The molecule has 0 saturated carbocycles. The van der Waals surface area contributed by atoms with E-state index in [2.05, 4.69) is 0 Å².